The summed E-state index contributed by atoms with van der Waals surface area (Å²) in [5, 5.41) is 1.84. The number of rotatable bonds is 4. The van der Waals surface area contributed by atoms with E-state index in [9.17, 15) is 14.4 Å². The van der Waals surface area contributed by atoms with Gasteiger partial charge in [-0.05, 0) is 54.1 Å². The Morgan fingerprint density at radius 1 is 0.972 bits per heavy atom. The molecule has 0 aromatic heterocycles. The maximum atomic E-state index is 13.8. The molecule has 2 aliphatic heterocycles. The fourth-order valence-electron chi connectivity index (χ4n) is 4.69. The van der Waals surface area contributed by atoms with Gasteiger partial charge in [-0.25, -0.2) is 10.3 Å². The van der Waals surface area contributed by atoms with Gasteiger partial charge in [0.25, 0.3) is 11.8 Å². The van der Waals surface area contributed by atoms with Crippen molar-refractivity contribution in [3.63, 3.8) is 0 Å². The van der Waals surface area contributed by atoms with E-state index in [0.717, 1.165) is 20.6 Å². The monoisotopic (exact) mass is 586 g/mol. The van der Waals surface area contributed by atoms with Crippen LogP contribution in [-0.4, -0.2) is 42.9 Å². The molecule has 2 heterocycles. The quantitative estimate of drug-likeness (QED) is 0.431. The molecule has 3 aromatic rings. The van der Waals surface area contributed by atoms with Crippen LogP contribution in [0.15, 0.2) is 71.2 Å². The lowest BCUT2D eigenvalue weighted by molar-refractivity contribution is -0.123. The molecule has 0 bridgehead atoms. The second-order valence-electron chi connectivity index (χ2n) is 8.86. The SMILES string of the molecule is CN(C)c1ccc([C@@H]2NN(C(=O)c3cccc(Br)c3)[C@@H]3C(=O)N(c4ccc(Cl)cc4Cl)C(=O)[C@H]32)cc1. The molecule has 1 N–H and O–H groups in total. The minimum atomic E-state index is -1.05. The molecule has 2 aliphatic rings. The van der Waals surface area contributed by atoms with Crippen molar-refractivity contribution in [1.29, 1.82) is 0 Å². The van der Waals surface area contributed by atoms with E-state index in [-0.39, 0.29) is 10.7 Å². The summed E-state index contributed by atoms with van der Waals surface area (Å²) < 4.78 is 0.725. The number of hydrogen-bond donors (Lipinski definition) is 1. The highest BCUT2D eigenvalue weighted by molar-refractivity contribution is 9.10. The van der Waals surface area contributed by atoms with Gasteiger partial charge in [-0.3, -0.25) is 19.4 Å². The predicted molar refractivity (Wildman–Crippen MR) is 143 cm³/mol. The highest BCUT2D eigenvalue weighted by Gasteiger charge is 2.60. The van der Waals surface area contributed by atoms with Gasteiger partial charge in [-0.1, -0.05) is 57.3 Å². The van der Waals surface area contributed by atoms with Gasteiger partial charge in [-0.2, -0.15) is 0 Å². The molecule has 2 fully saturated rings. The summed E-state index contributed by atoms with van der Waals surface area (Å²) >= 11 is 15.8. The molecule has 184 valence electrons. The molecule has 2 saturated heterocycles. The molecule has 36 heavy (non-hydrogen) atoms. The van der Waals surface area contributed by atoms with Crippen molar-refractivity contribution in [3.05, 3.63) is 92.4 Å². The number of carbonyl (C=O) groups excluding carboxylic acids is 3. The van der Waals surface area contributed by atoms with E-state index < -0.39 is 35.7 Å². The third-order valence-corrected chi connectivity index (χ3v) is 7.48. The van der Waals surface area contributed by atoms with Gasteiger partial charge in [-0.15, -0.1) is 0 Å². The van der Waals surface area contributed by atoms with E-state index in [0.29, 0.717) is 10.6 Å². The zero-order valence-electron chi connectivity index (χ0n) is 19.3. The smallest absolute Gasteiger partial charge is 0.268 e. The summed E-state index contributed by atoms with van der Waals surface area (Å²) in [7, 11) is 3.87. The number of benzene rings is 3. The first-order chi connectivity index (χ1) is 17.2. The standard InChI is InChI=1S/C26H21BrCl2N4O3/c1-31(2)18-9-6-14(7-10-18)22-21-23(33(30-22)24(34)15-4-3-5-16(27)12-15)26(36)32(25(21)35)20-11-8-17(28)13-19(20)29/h3-13,21-23,30H,1-2H3/t21-,22-,23-/m0/s1. The van der Waals surface area contributed by atoms with E-state index in [1.807, 2.05) is 43.3 Å². The Morgan fingerprint density at radius 3 is 2.33 bits per heavy atom. The molecule has 0 saturated carbocycles. The van der Waals surface area contributed by atoms with Gasteiger partial charge in [0.1, 0.15) is 6.04 Å². The Kier molecular flexibility index (Phi) is 6.55. The molecule has 0 unspecified atom stereocenters. The van der Waals surface area contributed by atoms with Crippen molar-refractivity contribution in [2.75, 3.05) is 23.9 Å². The molecule has 0 radical (unpaired) electrons. The molecule has 3 aromatic carbocycles. The number of carbonyl (C=O) groups is 3. The van der Waals surface area contributed by atoms with Crippen LogP contribution in [0.25, 0.3) is 0 Å². The first-order valence-corrected chi connectivity index (χ1v) is 12.7. The van der Waals surface area contributed by atoms with Crippen LogP contribution in [0, 0.1) is 5.92 Å². The summed E-state index contributed by atoms with van der Waals surface area (Å²) in [6.07, 6.45) is 0. The minimum absolute atomic E-state index is 0.175. The number of halogens is 3. The summed E-state index contributed by atoms with van der Waals surface area (Å²) in [4.78, 5) is 44.1. The van der Waals surface area contributed by atoms with Gasteiger partial charge in [0.15, 0.2) is 0 Å². The van der Waals surface area contributed by atoms with Crippen LogP contribution < -0.4 is 15.2 Å². The average molecular weight is 588 g/mol. The van der Waals surface area contributed by atoms with E-state index in [1.165, 1.54) is 17.1 Å². The molecular weight excluding hydrogens is 567 g/mol. The number of nitrogens with one attached hydrogen (secondary N) is 1. The number of hydrogen-bond acceptors (Lipinski definition) is 5. The Labute approximate surface area is 226 Å². The number of hydrazine groups is 1. The fourth-order valence-corrected chi connectivity index (χ4v) is 5.58. The topological polar surface area (TPSA) is 73.0 Å². The van der Waals surface area contributed by atoms with E-state index in [4.69, 9.17) is 23.2 Å². The van der Waals surface area contributed by atoms with E-state index in [1.54, 1.807) is 30.3 Å². The summed E-state index contributed by atoms with van der Waals surface area (Å²) in [5.74, 6) is -2.22. The van der Waals surface area contributed by atoms with Gasteiger partial charge >= 0.3 is 0 Å². The van der Waals surface area contributed by atoms with Gasteiger partial charge in [0.05, 0.1) is 22.7 Å². The van der Waals surface area contributed by atoms with Gasteiger partial charge in [0, 0.05) is 34.8 Å². The minimum Gasteiger partial charge on any atom is -0.378 e. The number of amides is 3. The molecule has 3 atom stereocenters. The van der Waals surface area contributed by atoms with E-state index in [2.05, 4.69) is 21.4 Å². The first kappa shape index (κ1) is 24.8. The zero-order chi connectivity index (χ0) is 25.7. The van der Waals surface area contributed by atoms with Crippen molar-refractivity contribution in [2.45, 2.75) is 12.1 Å². The van der Waals surface area contributed by atoms with Crippen molar-refractivity contribution in [1.82, 2.24) is 10.4 Å². The van der Waals surface area contributed by atoms with Crippen molar-refractivity contribution < 1.29 is 14.4 Å². The zero-order valence-corrected chi connectivity index (χ0v) is 22.4. The molecule has 0 spiro atoms. The highest BCUT2D eigenvalue weighted by Crippen LogP contribution is 2.44. The summed E-state index contributed by atoms with van der Waals surface area (Å²) in [6, 6.07) is 17.5. The van der Waals surface area contributed by atoms with Crippen LogP contribution in [-0.2, 0) is 9.59 Å². The van der Waals surface area contributed by atoms with Crippen LogP contribution in [0.2, 0.25) is 10.0 Å². The molecule has 10 heteroatoms. The third kappa shape index (κ3) is 4.18. The van der Waals surface area contributed by atoms with Crippen molar-refractivity contribution >= 4 is 68.2 Å². The van der Waals surface area contributed by atoms with Gasteiger partial charge < -0.3 is 4.90 Å². The number of imide groups is 1. The largest absolute Gasteiger partial charge is 0.378 e. The summed E-state index contributed by atoms with van der Waals surface area (Å²) in [6.45, 7) is 0. The highest BCUT2D eigenvalue weighted by atomic mass is 79.9. The van der Waals surface area contributed by atoms with Crippen molar-refractivity contribution in [2.24, 2.45) is 5.92 Å². The fraction of sp³-hybridized carbons (Fsp3) is 0.192. The molecule has 0 aliphatic carbocycles. The predicted octanol–water partition coefficient (Wildman–Crippen LogP) is 5.08. The molecule has 5 rings (SSSR count). The van der Waals surface area contributed by atoms with Crippen LogP contribution in [0.3, 0.4) is 0 Å². The first-order valence-electron chi connectivity index (χ1n) is 11.1. The number of fused-ring (bicyclic) bond motifs is 1. The average Bonchev–Trinajstić information content (AvgIpc) is 3.36. The van der Waals surface area contributed by atoms with Crippen LogP contribution >= 0.6 is 39.1 Å². The lowest BCUT2D eigenvalue weighted by Crippen LogP contribution is -2.48. The lowest BCUT2D eigenvalue weighted by Gasteiger charge is -2.25. The third-order valence-electron chi connectivity index (χ3n) is 6.44. The second-order valence-corrected chi connectivity index (χ2v) is 10.6. The normalized spacial score (nSPS) is 21.2. The number of nitrogens with zero attached hydrogens (tertiary/aromatic N) is 3. The molecule has 7 nitrogen and oxygen atoms in total. The molecular formula is C26H21BrCl2N4O3. The second kappa shape index (κ2) is 9.52. The van der Waals surface area contributed by atoms with Crippen molar-refractivity contribution in [3.8, 4) is 0 Å². The lowest BCUT2D eigenvalue weighted by atomic mass is 9.90. The van der Waals surface area contributed by atoms with Crippen LogP contribution in [0.1, 0.15) is 22.0 Å². The van der Waals surface area contributed by atoms with E-state index >= 15 is 0 Å². The Balaban J connectivity index is 1.58. The number of anilines is 2. The maximum absolute atomic E-state index is 13.8. The molecule has 3 amide bonds. The summed E-state index contributed by atoms with van der Waals surface area (Å²) in [5.41, 5.74) is 5.55. The Bertz CT molecular complexity index is 1380. The Morgan fingerprint density at radius 2 is 1.69 bits per heavy atom. The van der Waals surface area contributed by atoms with Crippen LogP contribution in [0.4, 0.5) is 11.4 Å². The Hall–Kier alpha value is -2.91. The van der Waals surface area contributed by atoms with Gasteiger partial charge in [0.2, 0.25) is 5.91 Å². The maximum Gasteiger partial charge on any atom is 0.268 e. The van der Waals surface area contributed by atoms with Crippen LogP contribution in [0.5, 0.6) is 0 Å².